The van der Waals surface area contributed by atoms with Gasteiger partial charge in [-0.1, -0.05) is 0 Å². The highest BCUT2D eigenvalue weighted by Gasteiger charge is 2.22. The number of nitrogens with zero attached hydrogens (tertiary/aromatic N) is 4. The molecule has 0 spiro atoms. The first kappa shape index (κ1) is 14.6. The van der Waals surface area contributed by atoms with Gasteiger partial charge in [-0.3, -0.25) is 0 Å². The van der Waals surface area contributed by atoms with Crippen LogP contribution in [0.2, 0.25) is 0 Å². The van der Waals surface area contributed by atoms with Gasteiger partial charge in [0.2, 0.25) is 0 Å². The van der Waals surface area contributed by atoms with Crippen molar-refractivity contribution >= 4 is 37.5 Å². The zero-order valence-electron chi connectivity index (χ0n) is 12.4. The van der Waals surface area contributed by atoms with Crippen molar-refractivity contribution in [1.82, 2.24) is 15.2 Å². The summed E-state index contributed by atoms with van der Waals surface area (Å²) in [4.78, 5) is 7.33. The number of hydrogen-bond donors (Lipinski definition) is 0. The van der Waals surface area contributed by atoms with E-state index in [-0.39, 0.29) is 5.69 Å². The molecule has 3 aromatic heterocycles. The van der Waals surface area contributed by atoms with Crippen LogP contribution in [0.5, 0.6) is 0 Å². The SMILES string of the molecule is Cc1c(C(F)F)nnc2sc3c(N4CCOCC4)nccc3c12. The van der Waals surface area contributed by atoms with E-state index in [0.29, 0.717) is 23.6 Å². The minimum Gasteiger partial charge on any atom is -0.378 e. The maximum Gasteiger partial charge on any atom is 0.282 e. The van der Waals surface area contributed by atoms with Crippen LogP contribution >= 0.6 is 11.3 Å². The minimum atomic E-state index is -2.62. The summed E-state index contributed by atoms with van der Waals surface area (Å²) in [5, 5.41) is 9.37. The summed E-state index contributed by atoms with van der Waals surface area (Å²) in [5.74, 6) is 0.867. The molecule has 0 saturated carbocycles. The number of anilines is 1. The lowest BCUT2D eigenvalue weighted by molar-refractivity contribution is 0.122. The first-order valence-electron chi connectivity index (χ1n) is 7.32. The van der Waals surface area contributed by atoms with Gasteiger partial charge >= 0.3 is 0 Å². The lowest BCUT2D eigenvalue weighted by atomic mass is 10.1. The number of ether oxygens (including phenoxy) is 1. The molecule has 0 radical (unpaired) electrons. The number of halogens is 2. The second kappa shape index (κ2) is 5.61. The third-order valence-corrected chi connectivity index (χ3v) is 5.18. The zero-order chi connectivity index (χ0) is 16.0. The van der Waals surface area contributed by atoms with E-state index in [9.17, 15) is 8.78 Å². The summed E-state index contributed by atoms with van der Waals surface area (Å²) in [5.41, 5.74) is 0.248. The van der Waals surface area contributed by atoms with Crippen LogP contribution in [0.3, 0.4) is 0 Å². The smallest absolute Gasteiger partial charge is 0.282 e. The van der Waals surface area contributed by atoms with Crippen LogP contribution in [0.4, 0.5) is 14.6 Å². The fourth-order valence-corrected chi connectivity index (χ4v) is 4.13. The molecule has 120 valence electrons. The molecule has 1 aliphatic rings. The van der Waals surface area contributed by atoms with Crippen molar-refractivity contribution in [3.63, 3.8) is 0 Å². The molecule has 4 heterocycles. The highest BCUT2D eigenvalue weighted by molar-refractivity contribution is 7.26. The molecule has 5 nitrogen and oxygen atoms in total. The Labute approximate surface area is 134 Å². The molecular weight excluding hydrogens is 322 g/mol. The van der Waals surface area contributed by atoms with Crippen LogP contribution in [0.1, 0.15) is 17.7 Å². The highest BCUT2D eigenvalue weighted by atomic mass is 32.1. The number of morpholine rings is 1. The lowest BCUT2D eigenvalue weighted by Crippen LogP contribution is -2.36. The molecule has 23 heavy (non-hydrogen) atoms. The number of alkyl halides is 2. The van der Waals surface area contributed by atoms with Crippen molar-refractivity contribution in [2.75, 3.05) is 31.2 Å². The predicted octanol–water partition coefficient (Wildman–Crippen LogP) is 3.32. The van der Waals surface area contributed by atoms with E-state index in [4.69, 9.17) is 4.74 Å². The van der Waals surface area contributed by atoms with Gasteiger partial charge in [0.25, 0.3) is 6.43 Å². The number of thiophene rings is 1. The van der Waals surface area contributed by atoms with Gasteiger partial charge < -0.3 is 9.64 Å². The molecule has 0 aliphatic carbocycles. The monoisotopic (exact) mass is 336 g/mol. The summed E-state index contributed by atoms with van der Waals surface area (Å²) in [6.07, 6.45) is -0.899. The Bertz CT molecular complexity index is 877. The highest BCUT2D eigenvalue weighted by Crippen LogP contribution is 2.40. The van der Waals surface area contributed by atoms with E-state index >= 15 is 0 Å². The van der Waals surface area contributed by atoms with Crippen molar-refractivity contribution in [3.8, 4) is 0 Å². The van der Waals surface area contributed by atoms with Crippen LogP contribution in [-0.2, 0) is 4.74 Å². The van der Waals surface area contributed by atoms with Crippen LogP contribution in [0.15, 0.2) is 12.3 Å². The molecule has 0 aromatic carbocycles. The van der Waals surface area contributed by atoms with Crippen LogP contribution in [0.25, 0.3) is 20.3 Å². The largest absolute Gasteiger partial charge is 0.378 e. The van der Waals surface area contributed by atoms with Crippen molar-refractivity contribution < 1.29 is 13.5 Å². The average Bonchev–Trinajstić information content (AvgIpc) is 2.95. The number of rotatable bonds is 2. The van der Waals surface area contributed by atoms with Gasteiger partial charge in [0.1, 0.15) is 16.3 Å². The number of aryl methyl sites for hydroxylation is 1. The zero-order valence-corrected chi connectivity index (χ0v) is 13.2. The van der Waals surface area contributed by atoms with Crippen LogP contribution in [0, 0.1) is 6.92 Å². The normalized spacial score (nSPS) is 15.9. The standard InChI is InChI=1S/C15H14F2N4OS/c1-8-10-9-2-3-18-14(21-4-6-22-7-5-21)12(9)23-15(10)20-19-11(8)13(16)17/h2-3,13H,4-7H2,1H3. The van der Waals surface area contributed by atoms with E-state index in [1.54, 1.807) is 13.1 Å². The van der Waals surface area contributed by atoms with Gasteiger partial charge in [-0.2, -0.15) is 0 Å². The first-order valence-corrected chi connectivity index (χ1v) is 8.13. The van der Waals surface area contributed by atoms with E-state index in [2.05, 4.69) is 20.1 Å². The Kier molecular flexibility index (Phi) is 3.57. The second-order valence-corrected chi connectivity index (χ2v) is 6.40. The molecule has 3 aromatic rings. The number of pyridine rings is 1. The fourth-order valence-electron chi connectivity index (χ4n) is 2.94. The number of aromatic nitrogens is 3. The van der Waals surface area contributed by atoms with Crippen molar-refractivity contribution in [2.24, 2.45) is 0 Å². The summed E-state index contributed by atoms with van der Waals surface area (Å²) in [6.45, 7) is 4.55. The van der Waals surface area contributed by atoms with Crippen molar-refractivity contribution in [1.29, 1.82) is 0 Å². The molecule has 8 heteroatoms. The second-order valence-electron chi connectivity index (χ2n) is 5.40. The Balaban J connectivity index is 1.96. The lowest BCUT2D eigenvalue weighted by Gasteiger charge is -2.28. The molecule has 0 amide bonds. The molecule has 4 rings (SSSR count). The molecule has 0 atom stereocenters. The molecule has 0 unspecified atom stereocenters. The maximum atomic E-state index is 13.1. The van der Waals surface area contributed by atoms with E-state index in [1.165, 1.54) is 11.3 Å². The van der Waals surface area contributed by atoms with Crippen LogP contribution < -0.4 is 4.90 Å². The molecule has 1 fully saturated rings. The molecule has 1 aliphatic heterocycles. The van der Waals surface area contributed by atoms with Gasteiger partial charge in [-0.15, -0.1) is 21.5 Å². The Hall–Kier alpha value is -1.93. The summed E-state index contributed by atoms with van der Waals surface area (Å²) in [6, 6.07) is 1.86. The number of hydrogen-bond acceptors (Lipinski definition) is 6. The van der Waals surface area contributed by atoms with E-state index < -0.39 is 6.43 Å². The third kappa shape index (κ3) is 2.33. The summed E-state index contributed by atoms with van der Waals surface area (Å²) < 4.78 is 32.5. The molecule has 1 saturated heterocycles. The van der Waals surface area contributed by atoms with Crippen molar-refractivity contribution in [2.45, 2.75) is 13.3 Å². The maximum absolute atomic E-state index is 13.1. The number of fused-ring (bicyclic) bond motifs is 3. The van der Waals surface area contributed by atoms with Gasteiger partial charge in [0, 0.05) is 30.1 Å². The Morgan fingerprint density at radius 1 is 1.26 bits per heavy atom. The summed E-state index contributed by atoms with van der Waals surface area (Å²) >= 11 is 1.45. The van der Waals surface area contributed by atoms with Crippen LogP contribution in [-0.4, -0.2) is 41.5 Å². The van der Waals surface area contributed by atoms with Gasteiger partial charge in [-0.25, -0.2) is 13.8 Å². The van der Waals surface area contributed by atoms with Crippen molar-refractivity contribution in [3.05, 3.63) is 23.5 Å². The minimum absolute atomic E-state index is 0.248. The van der Waals surface area contributed by atoms with E-state index in [1.807, 2.05) is 6.07 Å². The van der Waals surface area contributed by atoms with Gasteiger partial charge in [0.15, 0.2) is 0 Å². The Morgan fingerprint density at radius 3 is 2.78 bits per heavy atom. The topological polar surface area (TPSA) is 51.1 Å². The van der Waals surface area contributed by atoms with Gasteiger partial charge in [0.05, 0.1) is 17.9 Å². The van der Waals surface area contributed by atoms with Gasteiger partial charge in [-0.05, 0) is 18.6 Å². The quantitative estimate of drug-likeness (QED) is 0.718. The third-order valence-electron chi connectivity index (χ3n) is 4.09. The molecular formula is C15H14F2N4OS. The Morgan fingerprint density at radius 2 is 2.04 bits per heavy atom. The molecule has 0 bridgehead atoms. The predicted molar refractivity (Wildman–Crippen MR) is 85.4 cm³/mol. The first-order chi connectivity index (χ1) is 11.2. The molecule has 0 N–H and O–H groups in total. The fraction of sp³-hybridized carbons (Fsp3) is 0.400. The van der Waals surface area contributed by atoms with E-state index in [0.717, 1.165) is 34.4 Å². The average molecular weight is 336 g/mol. The summed E-state index contributed by atoms with van der Waals surface area (Å²) in [7, 11) is 0.